The summed E-state index contributed by atoms with van der Waals surface area (Å²) in [7, 11) is 0. The maximum atomic E-state index is 13.3. The van der Waals surface area contributed by atoms with Crippen LogP contribution in [0.5, 0.6) is 0 Å². The van der Waals surface area contributed by atoms with Crippen LogP contribution in [0.3, 0.4) is 0 Å². The maximum absolute atomic E-state index is 13.3. The van der Waals surface area contributed by atoms with E-state index in [1.165, 1.54) is 23.1 Å². The Hall–Kier alpha value is -3.54. The second kappa shape index (κ2) is 9.51. The molecule has 0 radical (unpaired) electrons. The van der Waals surface area contributed by atoms with Crippen LogP contribution in [0, 0.1) is 15.9 Å². The molecule has 0 spiro atoms. The summed E-state index contributed by atoms with van der Waals surface area (Å²) in [5.74, 6) is -1.82. The van der Waals surface area contributed by atoms with E-state index in [1.54, 1.807) is 0 Å². The predicted molar refractivity (Wildman–Crippen MR) is 110 cm³/mol. The molecule has 2 amide bonds. The fourth-order valence-corrected chi connectivity index (χ4v) is 3.50. The molecular formula is C18H19ClFN7O4. The number of nitro groups is 1. The van der Waals surface area contributed by atoms with Crippen LogP contribution < -0.4 is 21.3 Å². The Morgan fingerprint density at radius 1 is 1.39 bits per heavy atom. The van der Waals surface area contributed by atoms with Gasteiger partial charge in [0, 0.05) is 13.1 Å². The summed E-state index contributed by atoms with van der Waals surface area (Å²) >= 11 is 5.77. The standard InChI is InChI=1S/C18H19ClFN7O4/c19-11-6-10(3-4-12(11)20)7-22-16-15(27(30)31)17(25-9-24-16)26-5-1-2-13(26)18(29)23-8-14(21)28/h3-4,6,9,13H,1-2,5,7-8H2,(H2,21,28)(H,23,29)(H,22,24,25). The fraction of sp³-hybridized carbons (Fsp3) is 0.333. The van der Waals surface area contributed by atoms with E-state index in [2.05, 4.69) is 20.6 Å². The Kier molecular flexibility index (Phi) is 6.80. The van der Waals surface area contributed by atoms with Crippen LogP contribution in [-0.4, -0.2) is 45.8 Å². The van der Waals surface area contributed by atoms with Gasteiger partial charge in [0.25, 0.3) is 0 Å². The smallest absolute Gasteiger partial charge is 0.353 e. The van der Waals surface area contributed by atoms with Crippen molar-refractivity contribution in [1.82, 2.24) is 15.3 Å². The van der Waals surface area contributed by atoms with Crippen LogP contribution in [0.15, 0.2) is 24.5 Å². The molecule has 3 rings (SSSR count). The lowest BCUT2D eigenvalue weighted by Gasteiger charge is -2.24. The van der Waals surface area contributed by atoms with Gasteiger partial charge in [-0.25, -0.2) is 14.4 Å². The monoisotopic (exact) mass is 451 g/mol. The van der Waals surface area contributed by atoms with Crippen molar-refractivity contribution in [2.24, 2.45) is 5.73 Å². The third-order valence-electron chi connectivity index (χ3n) is 4.69. The van der Waals surface area contributed by atoms with Gasteiger partial charge in [-0.3, -0.25) is 19.7 Å². The first-order valence-corrected chi connectivity index (χ1v) is 9.65. The summed E-state index contributed by atoms with van der Waals surface area (Å²) in [5.41, 5.74) is 5.24. The van der Waals surface area contributed by atoms with Gasteiger partial charge in [-0.15, -0.1) is 0 Å². The highest BCUT2D eigenvalue weighted by Crippen LogP contribution is 2.36. The normalized spacial score (nSPS) is 15.5. The molecule has 1 fully saturated rings. The predicted octanol–water partition coefficient (Wildman–Crippen LogP) is 1.36. The van der Waals surface area contributed by atoms with Crippen molar-refractivity contribution in [3.8, 4) is 0 Å². The number of nitrogens with zero attached hydrogens (tertiary/aromatic N) is 4. The SMILES string of the molecule is NC(=O)CNC(=O)C1CCCN1c1ncnc(NCc2ccc(F)c(Cl)c2)c1[N+](=O)[O-]. The quantitative estimate of drug-likeness (QED) is 0.401. The highest BCUT2D eigenvalue weighted by Gasteiger charge is 2.37. The first kappa shape index (κ1) is 22.2. The van der Waals surface area contributed by atoms with Gasteiger partial charge in [0.05, 0.1) is 16.5 Å². The molecule has 2 aromatic rings. The lowest BCUT2D eigenvalue weighted by Crippen LogP contribution is -2.46. The van der Waals surface area contributed by atoms with E-state index >= 15 is 0 Å². The third-order valence-corrected chi connectivity index (χ3v) is 4.98. The van der Waals surface area contributed by atoms with E-state index in [1.807, 2.05) is 0 Å². The molecule has 1 aliphatic rings. The summed E-state index contributed by atoms with van der Waals surface area (Å²) < 4.78 is 13.3. The Morgan fingerprint density at radius 2 is 2.16 bits per heavy atom. The molecule has 1 aromatic heterocycles. The third kappa shape index (κ3) is 5.15. The van der Waals surface area contributed by atoms with Gasteiger partial charge in [-0.1, -0.05) is 17.7 Å². The maximum Gasteiger partial charge on any atom is 0.353 e. The molecule has 2 heterocycles. The van der Waals surface area contributed by atoms with Crippen LogP contribution in [0.25, 0.3) is 0 Å². The molecule has 1 atom stereocenters. The topological polar surface area (TPSA) is 156 Å². The van der Waals surface area contributed by atoms with Crippen molar-refractivity contribution >= 4 is 40.7 Å². The molecule has 13 heteroatoms. The molecule has 1 aliphatic heterocycles. The number of primary amides is 1. The molecule has 31 heavy (non-hydrogen) atoms. The number of nitrogens with one attached hydrogen (secondary N) is 2. The molecule has 1 unspecified atom stereocenters. The van der Waals surface area contributed by atoms with E-state index in [0.717, 1.165) is 6.33 Å². The summed E-state index contributed by atoms with van der Waals surface area (Å²) in [6, 6.07) is 3.34. The van der Waals surface area contributed by atoms with Crippen molar-refractivity contribution in [3.63, 3.8) is 0 Å². The summed E-state index contributed by atoms with van der Waals surface area (Å²) in [5, 5.41) is 17.0. The van der Waals surface area contributed by atoms with Crippen LogP contribution in [0.1, 0.15) is 18.4 Å². The minimum atomic E-state index is -0.739. The van der Waals surface area contributed by atoms with Crippen molar-refractivity contribution in [2.75, 3.05) is 23.3 Å². The van der Waals surface area contributed by atoms with E-state index in [0.29, 0.717) is 24.9 Å². The molecule has 0 bridgehead atoms. The van der Waals surface area contributed by atoms with Gasteiger partial charge >= 0.3 is 5.69 Å². The van der Waals surface area contributed by atoms with Crippen LogP contribution >= 0.6 is 11.6 Å². The summed E-state index contributed by atoms with van der Waals surface area (Å²) in [6.07, 6.45) is 2.19. The Morgan fingerprint density at radius 3 is 2.84 bits per heavy atom. The van der Waals surface area contributed by atoms with Crippen LogP contribution in [0.2, 0.25) is 5.02 Å². The first-order valence-electron chi connectivity index (χ1n) is 9.27. The number of halogens is 2. The second-order valence-corrected chi connectivity index (χ2v) is 7.20. The number of benzene rings is 1. The molecule has 1 aromatic carbocycles. The van der Waals surface area contributed by atoms with Crippen LogP contribution in [0.4, 0.5) is 21.7 Å². The van der Waals surface area contributed by atoms with E-state index in [4.69, 9.17) is 17.3 Å². The van der Waals surface area contributed by atoms with Crippen molar-refractivity contribution in [2.45, 2.75) is 25.4 Å². The molecule has 1 saturated heterocycles. The van der Waals surface area contributed by atoms with Crippen molar-refractivity contribution in [1.29, 1.82) is 0 Å². The number of aromatic nitrogens is 2. The highest BCUT2D eigenvalue weighted by atomic mass is 35.5. The average Bonchev–Trinajstić information content (AvgIpc) is 3.22. The number of hydrogen-bond donors (Lipinski definition) is 3. The van der Waals surface area contributed by atoms with Crippen molar-refractivity contribution < 1.29 is 18.9 Å². The number of nitrogens with two attached hydrogens (primary N) is 1. The van der Waals surface area contributed by atoms with Gasteiger partial charge < -0.3 is 21.3 Å². The molecule has 164 valence electrons. The number of rotatable bonds is 8. The van der Waals surface area contributed by atoms with Gasteiger partial charge in [-0.2, -0.15) is 0 Å². The summed E-state index contributed by atoms with van der Waals surface area (Å²) in [4.78, 5) is 44.1. The Bertz CT molecular complexity index is 1020. The second-order valence-electron chi connectivity index (χ2n) is 6.79. The van der Waals surface area contributed by atoms with Gasteiger partial charge in [0.15, 0.2) is 0 Å². The highest BCUT2D eigenvalue weighted by molar-refractivity contribution is 6.30. The van der Waals surface area contributed by atoms with E-state index in [9.17, 15) is 24.1 Å². The fourth-order valence-electron chi connectivity index (χ4n) is 3.30. The molecule has 4 N–H and O–H groups in total. The summed E-state index contributed by atoms with van der Waals surface area (Å²) in [6.45, 7) is 0.126. The zero-order valence-electron chi connectivity index (χ0n) is 16.2. The van der Waals surface area contributed by atoms with Crippen molar-refractivity contribution in [3.05, 3.63) is 51.0 Å². The van der Waals surface area contributed by atoms with Gasteiger partial charge in [0.1, 0.15) is 18.2 Å². The number of hydrogen-bond acceptors (Lipinski definition) is 8. The largest absolute Gasteiger partial charge is 0.368 e. The molecule has 0 saturated carbocycles. The number of carbonyl (C=O) groups is 2. The molecular weight excluding hydrogens is 433 g/mol. The first-order chi connectivity index (χ1) is 14.8. The zero-order valence-corrected chi connectivity index (χ0v) is 16.9. The van der Waals surface area contributed by atoms with Crippen LogP contribution in [-0.2, 0) is 16.1 Å². The zero-order chi connectivity index (χ0) is 22.5. The average molecular weight is 452 g/mol. The lowest BCUT2D eigenvalue weighted by molar-refractivity contribution is -0.383. The Labute approximate surface area is 180 Å². The number of amides is 2. The Balaban J connectivity index is 1.85. The molecule has 0 aliphatic carbocycles. The lowest BCUT2D eigenvalue weighted by atomic mass is 10.2. The number of carbonyl (C=O) groups excluding carboxylic acids is 2. The minimum Gasteiger partial charge on any atom is -0.368 e. The van der Waals surface area contributed by atoms with Gasteiger partial charge in [0.2, 0.25) is 23.5 Å². The van der Waals surface area contributed by atoms with Gasteiger partial charge in [-0.05, 0) is 30.5 Å². The molecule has 11 nitrogen and oxygen atoms in total. The number of anilines is 2. The van der Waals surface area contributed by atoms with E-state index < -0.39 is 34.3 Å². The van der Waals surface area contributed by atoms with E-state index in [-0.39, 0.29) is 29.7 Å². The minimum absolute atomic E-state index is 0.0173.